The fourth-order valence-corrected chi connectivity index (χ4v) is 4.25. The first kappa shape index (κ1) is 48.2. The van der Waals surface area contributed by atoms with Gasteiger partial charge in [-0.15, -0.1) is 0 Å². The van der Waals surface area contributed by atoms with Crippen LogP contribution in [0.5, 0.6) is 5.75 Å². The van der Waals surface area contributed by atoms with Gasteiger partial charge in [-0.05, 0) is 50.8 Å². The molecular weight excluding hydrogens is 660 g/mol. The number of para-hydroxylation sites is 1. The molecule has 5 unspecified atom stereocenters. The molecule has 5 atom stereocenters. The zero-order valence-electron chi connectivity index (χ0n) is 30.1. The number of methoxy groups -OCH3 is 2. The molecule has 0 bridgehead atoms. The van der Waals surface area contributed by atoms with Crippen LogP contribution in [0.3, 0.4) is 0 Å². The molecule has 0 saturated heterocycles. The molecule has 0 aliphatic carbocycles. The van der Waals surface area contributed by atoms with E-state index in [4.69, 9.17) is 24.8 Å². The SMILES string of the molecule is CCC(C)C/C(C)=C(\[N-]Oc1ccccc1)C(=O)/C=C(\C=O)NC(=O)/C(C)=C/C=C\C(OC)C(OC(N)=O)/C(C)=C/C(C)C(O)OC.N.[K+]. The van der Waals surface area contributed by atoms with Gasteiger partial charge in [0.1, 0.15) is 11.9 Å². The number of aldehydes is 1. The molecule has 49 heavy (non-hydrogen) atoms. The van der Waals surface area contributed by atoms with Crippen molar-refractivity contribution in [1.82, 2.24) is 11.5 Å². The quantitative estimate of drug-likeness (QED) is 0.0295. The van der Waals surface area contributed by atoms with E-state index in [0.717, 1.165) is 12.5 Å². The number of benzene rings is 1. The average molecular weight is 711 g/mol. The van der Waals surface area contributed by atoms with Crippen molar-refractivity contribution in [2.75, 3.05) is 14.2 Å². The van der Waals surface area contributed by atoms with Crippen molar-refractivity contribution in [1.29, 1.82) is 0 Å². The van der Waals surface area contributed by atoms with E-state index >= 15 is 0 Å². The number of aliphatic hydroxyl groups excluding tert-OH is 1. The molecule has 0 aliphatic rings. The van der Waals surface area contributed by atoms with Crippen LogP contribution in [-0.4, -0.2) is 61.9 Å². The second-order valence-corrected chi connectivity index (χ2v) is 11.1. The number of aliphatic hydroxyl groups is 1. The zero-order chi connectivity index (χ0) is 35.5. The number of hydrogen-bond acceptors (Lipinski definition) is 10. The summed E-state index contributed by atoms with van der Waals surface area (Å²) in [5.74, 6) is -0.965. The third-order valence-electron chi connectivity index (χ3n) is 7.13. The number of carbonyl (C=O) groups is 4. The Morgan fingerprint density at radius 1 is 1.06 bits per heavy atom. The van der Waals surface area contributed by atoms with E-state index in [1.807, 2.05) is 19.9 Å². The van der Waals surface area contributed by atoms with E-state index in [1.54, 1.807) is 57.2 Å². The van der Waals surface area contributed by atoms with E-state index in [0.29, 0.717) is 29.6 Å². The van der Waals surface area contributed by atoms with Gasteiger partial charge in [0.2, 0.25) is 0 Å². The Hall–Kier alpha value is -2.92. The molecule has 1 aromatic rings. The molecule has 0 saturated carbocycles. The molecule has 14 heteroatoms. The van der Waals surface area contributed by atoms with Crippen LogP contribution < -0.4 is 73.4 Å². The minimum absolute atomic E-state index is 0. The predicted octanol–water partition coefficient (Wildman–Crippen LogP) is 2.53. The molecule has 7 N–H and O–H groups in total. The number of hydrogen-bond donors (Lipinski definition) is 4. The summed E-state index contributed by atoms with van der Waals surface area (Å²) >= 11 is 0. The summed E-state index contributed by atoms with van der Waals surface area (Å²) in [6.07, 6.45) is 5.16. The topological polar surface area (TPSA) is 213 Å². The van der Waals surface area contributed by atoms with Crippen molar-refractivity contribution >= 4 is 24.1 Å². The van der Waals surface area contributed by atoms with Crippen molar-refractivity contribution in [3.8, 4) is 5.75 Å². The van der Waals surface area contributed by atoms with Crippen molar-refractivity contribution in [3.05, 3.63) is 94.3 Å². The maximum atomic E-state index is 13.3. The van der Waals surface area contributed by atoms with Gasteiger partial charge in [0, 0.05) is 31.8 Å². The molecule has 13 nitrogen and oxygen atoms in total. The first-order valence-electron chi connectivity index (χ1n) is 15.2. The van der Waals surface area contributed by atoms with Crippen molar-refractivity contribution < 1.29 is 94.7 Å². The number of ketones is 1. The summed E-state index contributed by atoms with van der Waals surface area (Å²) in [5.41, 5.74) is 10.5. The van der Waals surface area contributed by atoms with E-state index in [2.05, 4.69) is 10.8 Å². The number of amides is 2. The molecule has 1 aromatic carbocycles. The molecule has 0 aliphatic heterocycles. The third-order valence-corrected chi connectivity index (χ3v) is 7.13. The second kappa shape index (κ2) is 26.0. The number of rotatable bonds is 20. The Kier molecular flexibility index (Phi) is 25.5. The van der Waals surface area contributed by atoms with E-state index in [-0.39, 0.29) is 80.4 Å². The number of primary amides is 1. The van der Waals surface area contributed by atoms with Gasteiger partial charge >= 0.3 is 57.5 Å². The summed E-state index contributed by atoms with van der Waals surface area (Å²) < 4.78 is 15.7. The summed E-state index contributed by atoms with van der Waals surface area (Å²) in [4.78, 5) is 55.1. The van der Waals surface area contributed by atoms with Gasteiger partial charge in [-0.2, -0.15) is 0 Å². The first-order valence-corrected chi connectivity index (χ1v) is 15.2. The minimum atomic E-state index is -1.08. The van der Waals surface area contributed by atoms with Crippen LogP contribution in [0.1, 0.15) is 54.4 Å². The monoisotopic (exact) mass is 710 g/mol. The number of hydroxylamine groups is 1. The van der Waals surface area contributed by atoms with Gasteiger partial charge in [-0.1, -0.05) is 81.0 Å². The molecule has 0 spiro atoms. The Morgan fingerprint density at radius 2 is 1.69 bits per heavy atom. The number of allylic oxidation sites excluding steroid dienone is 5. The van der Waals surface area contributed by atoms with Gasteiger partial charge < -0.3 is 46.8 Å². The first-order chi connectivity index (χ1) is 22.3. The minimum Gasteiger partial charge on any atom is -0.557 e. The van der Waals surface area contributed by atoms with Crippen LogP contribution in [0.25, 0.3) is 5.48 Å². The number of nitrogens with one attached hydrogen (secondary N) is 1. The maximum absolute atomic E-state index is 13.3. The van der Waals surface area contributed by atoms with E-state index in [1.165, 1.54) is 33.3 Å². The average Bonchev–Trinajstić information content (AvgIpc) is 3.05. The third kappa shape index (κ3) is 18.0. The standard InChI is InChI=1S/C35H48N3O9.K.H3N/c1-9-22(2)18-24(4)31(38-47-28-15-11-10-12-16-28)29(40)20-27(21-39)37-33(41)23(3)14-13-17-30(44-7)32(46-35(36)43)25(5)19-26(6)34(42)45-8;;/h10-17,19-22,26,30,32,34,42H,9,18H2,1-8H3,(H2,36,43)(H,37,40,41);;1H3/q-1;+1;/b17-13-,23-14+,25-19+,31-24-;;. The number of nitrogens with zero attached hydrogens (tertiary/aromatic N) is 1. The fraction of sp³-hybridized carbons (Fsp3) is 0.429. The van der Waals surface area contributed by atoms with Gasteiger partial charge in [0.05, 0.1) is 5.70 Å². The van der Waals surface area contributed by atoms with Crippen LogP contribution in [0.4, 0.5) is 4.79 Å². The summed E-state index contributed by atoms with van der Waals surface area (Å²) in [6, 6.07) is 8.74. The maximum Gasteiger partial charge on any atom is 1.00 e. The smallest absolute Gasteiger partial charge is 0.557 e. The van der Waals surface area contributed by atoms with Crippen LogP contribution in [0, 0.1) is 11.8 Å². The van der Waals surface area contributed by atoms with Gasteiger partial charge in [-0.25, -0.2) is 4.79 Å². The van der Waals surface area contributed by atoms with Gasteiger partial charge in [0.15, 0.2) is 24.5 Å². The van der Waals surface area contributed by atoms with Crippen LogP contribution in [0.2, 0.25) is 0 Å². The van der Waals surface area contributed by atoms with E-state index in [9.17, 15) is 24.3 Å². The Morgan fingerprint density at radius 3 is 2.22 bits per heavy atom. The Balaban J connectivity index is 0. The molecule has 0 fully saturated rings. The zero-order valence-corrected chi connectivity index (χ0v) is 33.2. The van der Waals surface area contributed by atoms with Crippen LogP contribution in [0.15, 0.2) is 88.8 Å². The number of carbonyl (C=O) groups excluding carboxylic acids is 4. The summed E-state index contributed by atoms with van der Waals surface area (Å²) in [7, 11) is 2.76. The summed E-state index contributed by atoms with van der Waals surface area (Å²) in [6.45, 7) is 10.8. The molecular formula is C35H51KN4O9. The summed E-state index contributed by atoms with van der Waals surface area (Å²) in [5, 5.41) is 12.4. The van der Waals surface area contributed by atoms with Crippen molar-refractivity contribution in [3.63, 3.8) is 0 Å². The fourth-order valence-electron chi connectivity index (χ4n) is 4.25. The van der Waals surface area contributed by atoms with Gasteiger partial charge in [-0.3, -0.25) is 14.4 Å². The number of ether oxygens (including phenoxy) is 3. The Bertz CT molecular complexity index is 1360. The van der Waals surface area contributed by atoms with Gasteiger partial charge in [0.25, 0.3) is 5.91 Å². The molecule has 2 amide bonds. The normalized spacial score (nSPS) is 15.7. The van der Waals surface area contributed by atoms with Crippen LogP contribution >= 0.6 is 0 Å². The molecule has 1 rings (SSSR count). The molecule has 0 heterocycles. The van der Waals surface area contributed by atoms with E-state index < -0.39 is 42.2 Å². The van der Waals surface area contributed by atoms with Crippen LogP contribution in [-0.2, 0) is 28.6 Å². The Labute approximate surface area is 332 Å². The predicted molar refractivity (Wildman–Crippen MR) is 184 cm³/mol. The van der Waals surface area contributed by atoms with Crippen molar-refractivity contribution in [2.24, 2.45) is 17.6 Å². The molecule has 0 radical (unpaired) electrons. The number of nitrogens with two attached hydrogens (primary N) is 1. The second-order valence-electron chi connectivity index (χ2n) is 11.1. The molecule has 266 valence electrons. The molecule has 0 aromatic heterocycles. The largest absolute Gasteiger partial charge is 1.00 e. The van der Waals surface area contributed by atoms with Crippen molar-refractivity contribution in [2.45, 2.75) is 72.9 Å².